The number of nitrogens with one attached hydrogen (secondary N) is 1. The number of amides is 3. The summed E-state index contributed by atoms with van der Waals surface area (Å²) in [5.41, 5.74) is 2.15. The summed E-state index contributed by atoms with van der Waals surface area (Å²) in [6.45, 7) is 0.890. The van der Waals surface area contributed by atoms with E-state index in [1.54, 1.807) is 15.8 Å². The van der Waals surface area contributed by atoms with Crippen LogP contribution in [0.1, 0.15) is 21.7 Å². The van der Waals surface area contributed by atoms with Gasteiger partial charge in [-0.05, 0) is 18.2 Å². The predicted octanol–water partition coefficient (Wildman–Crippen LogP) is 2.03. The van der Waals surface area contributed by atoms with E-state index in [1.807, 2.05) is 0 Å². The SMILES string of the molecule is CN1O[C@@H](CS(C)=O)Cn2nc3c(c2C1=O)CN(C(=O)Nc1ccc(F)c(Cl)c1)CC3. The molecule has 0 saturated heterocycles. The number of hydrogen-bond acceptors (Lipinski definition) is 5. The first-order valence-corrected chi connectivity index (χ1v) is 11.7. The molecule has 0 aliphatic carbocycles. The van der Waals surface area contributed by atoms with E-state index in [1.165, 1.54) is 25.2 Å². The van der Waals surface area contributed by atoms with E-state index < -0.39 is 28.8 Å². The van der Waals surface area contributed by atoms with Crippen LogP contribution in [0.3, 0.4) is 0 Å². The van der Waals surface area contributed by atoms with Gasteiger partial charge in [-0.25, -0.2) is 14.2 Å². The lowest BCUT2D eigenvalue weighted by molar-refractivity contribution is -0.140. The van der Waals surface area contributed by atoms with Crippen molar-refractivity contribution in [2.75, 3.05) is 30.9 Å². The molecule has 3 amide bonds. The molecule has 1 unspecified atom stereocenters. The number of anilines is 1. The van der Waals surface area contributed by atoms with E-state index in [9.17, 15) is 18.2 Å². The van der Waals surface area contributed by atoms with Crippen molar-refractivity contribution in [3.63, 3.8) is 0 Å². The van der Waals surface area contributed by atoms with Gasteiger partial charge in [-0.1, -0.05) is 11.6 Å². The zero-order valence-corrected chi connectivity index (χ0v) is 18.5. The summed E-state index contributed by atoms with van der Waals surface area (Å²) < 4.78 is 26.6. The Labute approximate surface area is 185 Å². The first kappa shape index (κ1) is 21.7. The number of carbonyl (C=O) groups excluding carboxylic acids is 2. The Morgan fingerprint density at radius 3 is 2.94 bits per heavy atom. The van der Waals surface area contributed by atoms with Gasteiger partial charge in [0.1, 0.15) is 17.6 Å². The summed E-state index contributed by atoms with van der Waals surface area (Å²) in [4.78, 5) is 32.9. The van der Waals surface area contributed by atoms with Gasteiger partial charge in [0.2, 0.25) is 0 Å². The van der Waals surface area contributed by atoms with Crippen LogP contribution in [0, 0.1) is 5.82 Å². The average Bonchev–Trinajstić information content (AvgIpc) is 3.01. The van der Waals surface area contributed by atoms with Gasteiger partial charge >= 0.3 is 6.03 Å². The van der Waals surface area contributed by atoms with Gasteiger partial charge in [-0.15, -0.1) is 0 Å². The van der Waals surface area contributed by atoms with Crippen LogP contribution in [0.2, 0.25) is 5.02 Å². The fraction of sp³-hybridized carbons (Fsp3) is 0.421. The van der Waals surface area contributed by atoms with Gasteiger partial charge < -0.3 is 10.2 Å². The molecule has 9 nitrogen and oxygen atoms in total. The molecule has 2 aromatic rings. The Morgan fingerprint density at radius 1 is 1.45 bits per heavy atom. The maximum Gasteiger partial charge on any atom is 0.322 e. The van der Waals surface area contributed by atoms with Crippen molar-refractivity contribution >= 4 is 40.0 Å². The molecular formula is C19H21ClFN5O4S. The van der Waals surface area contributed by atoms with Crippen LogP contribution in [0.15, 0.2) is 18.2 Å². The first-order chi connectivity index (χ1) is 14.7. The number of aromatic nitrogens is 2. The zero-order chi connectivity index (χ0) is 22.3. The third-order valence-electron chi connectivity index (χ3n) is 5.15. The van der Waals surface area contributed by atoms with Crippen molar-refractivity contribution in [2.45, 2.75) is 25.6 Å². The highest BCUT2D eigenvalue weighted by atomic mass is 35.5. The van der Waals surface area contributed by atoms with E-state index in [-0.39, 0.29) is 29.8 Å². The minimum atomic E-state index is -1.10. The minimum Gasteiger partial charge on any atom is -0.320 e. The summed E-state index contributed by atoms with van der Waals surface area (Å²) in [5.74, 6) is -0.665. The summed E-state index contributed by atoms with van der Waals surface area (Å²) in [6.07, 6.45) is 1.61. The highest BCUT2D eigenvalue weighted by Gasteiger charge is 2.35. The van der Waals surface area contributed by atoms with Gasteiger partial charge in [-0.3, -0.25) is 18.5 Å². The quantitative estimate of drug-likeness (QED) is 0.742. The zero-order valence-electron chi connectivity index (χ0n) is 16.9. The van der Waals surface area contributed by atoms with E-state index in [4.69, 9.17) is 16.4 Å². The molecule has 12 heteroatoms. The summed E-state index contributed by atoms with van der Waals surface area (Å²) in [7, 11) is 0.412. The van der Waals surface area contributed by atoms with E-state index in [0.717, 1.165) is 10.8 Å². The number of fused-ring (bicyclic) bond motifs is 3. The third-order valence-corrected chi connectivity index (χ3v) is 6.28. The monoisotopic (exact) mass is 469 g/mol. The second-order valence-electron chi connectivity index (χ2n) is 7.46. The maximum absolute atomic E-state index is 13.4. The Hall–Kier alpha value is -2.50. The Kier molecular flexibility index (Phi) is 6.00. The summed E-state index contributed by atoms with van der Waals surface area (Å²) in [6, 6.07) is 3.55. The molecule has 1 aromatic carbocycles. The number of hydrogen-bond donors (Lipinski definition) is 1. The first-order valence-electron chi connectivity index (χ1n) is 9.57. The fourth-order valence-electron chi connectivity index (χ4n) is 3.74. The minimum absolute atomic E-state index is 0.0862. The lowest BCUT2D eigenvalue weighted by Crippen LogP contribution is -2.39. The molecule has 166 valence electrons. The van der Waals surface area contributed by atoms with Gasteiger partial charge in [-0.2, -0.15) is 5.10 Å². The summed E-state index contributed by atoms with van der Waals surface area (Å²) in [5, 5.41) is 8.31. The second-order valence-corrected chi connectivity index (χ2v) is 9.34. The van der Waals surface area contributed by atoms with Crippen LogP contribution < -0.4 is 5.32 Å². The van der Waals surface area contributed by atoms with Crippen LogP contribution in [-0.2, 0) is 35.1 Å². The molecule has 0 spiro atoms. The Morgan fingerprint density at radius 2 is 2.23 bits per heavy atom. The topological polar surface area (TPSA) is 96.8 Å². The van der Waals surface area contributed by atoms with Crippen molar-refractivity contribution < 1.29 is 23.0 Å². The molecule has 0 bridgehead atoms. The lowest BCUT2D eigenvalue weighted by atomic mass is 10.1. The standard InChI is InChI=1S/C19H21ClFN5O4S/c1-24-18(27)17-13-9-25(19(28)22-11-3-4-15(21)14(20)7-11)6-5-16(13)23-26(17)8-12(30-24)10-31(2)29/h3-4,7,12H,5-6,8-10H2,1-2H3,(H,22,28)/t12-,31?/m1/s1. The molecule has 2 aliphatic rings. The van der Waals surface area contributed by atoms with E-state index in [2.05, 4.69) is 10.4 Å². The second kappa shape index (κ2) is 8.56. The molecule has 1 N–H and O–H groups in total. The number of urea groups is 1. The molecule has 2 atom stereocenters. The Balaban J connectivity index is 1.56. The van der Waals surface area contributed by atoms with Crippen LogP contribution in [0.25, 0.3) is 0 Å². The molecule has 1 aromatic heterocycles. The number of hydroxylamine groups is 2. The van der Waals surface area contributed by atoms with Crippen LogP contribution in [-0.4, -0.2) is 67.6 Å². The molecule has 0 fully saturated rings. The van der Waals surface area contributed by atoms with Crippen LogP contribution in [0.4, 0.5) is 14.9 Å². The van der Waals surface area contributed by atoms with Crippen molar-refractivity contribution in [1.82, 2.24) is 19.7 Å². The highest BCUT2D eigenvalue weighted by Crippen LogP contribution is 2.27. The van der Waals surface area contributed by atoms with Crippen molar-refractivity contribution in [2.24, 2.45) is 0 Å². The molecule has 4 rings (SSSR count). The van der Waals surface area contributed by atoms with Gasteiger partial charge in [0.15, 0.2) is 0 Å². The number of halogens is 2. The number of benzene rings is 1. The van der Waals surface area contributed by atoms with Gasteiger partial charge in [0.05, 0.1) is 29.6 Å². The largest absolute Gasteiger partial charge is 0.322 e. The summed E-state index contributed by atoms with van der Waals surface area (Å²) >= 11 is 5.78. The van der Waals surface area contributed by atoms with E-state index >= 15 is 0 Å². The normalized spacial score (nSPS) is 19.5. The van der Waals surface area contributed by atoms with Crippen LogP contribution >= 0.6 is 11.6 Å². The highest BCUT2D eigenvalue weighted by molar-refractivity contribution is 7.84. The molecule has 0 saturated carbocycles. The lowest BCUT2D eigenvalue weighted by Gasteiger charge is -2.27. The molecular weight excluding hydrogens is 449 g/mol. The molecule has 31 heavy (non-hydrogen) atoms. The predicted molar refractivity (Wildman–Crippen MR) is 113 cm³/mol. The number of carbonyl (C=O) groups is 2. The molecule has 2 aliphatic heterocycles. The van der Waals surface area contributed by atoms with Gasteiger partial charge in [0.25, 0.3) is 5.91 Å². The third kappa shape index (κ3) is 4.43. The molecule has 3 heterocycles. The van der Waals surface area contributed by atoms with Crippen molar-refractivity contribution in [3.05, 3.63) is 46.0 Å². The average molecular weight is 470 g/mol. The smallest absolute Gasteiger partial charge is 0.320 e. The van der Waals surface area contributed by atoms with Crippen LogP contribution in [0.5, 0.6) is 0 Å². The number of rotatable bonds is 3. The Bertz CT molecular complexity index is 1080. The van der Waals surface area contributed by atoms with E-state index in [0.29, 0.717) is 29.9 Å². The molecule has 0 radical (unpaired) electrons. The van der Waals surface area contributed by atoms with Crippen molar-refractivity contribution in [3.8, 4) is 0 Å². The van der Waals surface area contributed by atoms with Gasteiger partial charge in [0, 0.05) is 48.3 Å². The fourth-order valence-corrected chi connectivity index (χ4v) is 4.61. The number of nitrogens with zero attached hydrogens (tertiary/aromatic N) is 4. The maximum atomic E-state index is 13.4. The van der Waals surface area contributed by atoms with Crippen molar-refractivity contribution in [1.29, 1.82) is 0 Å².